The van der Waals surface area contributed by atoms with Gasteiger partial charge in [0.2, 0.25) is 21.8 Å². The predicted octanol–water partition coefficient (Wildman–Crippen LogP) is 5.32. The number of carbonyl (C=O) groups is 2. The Balaban J connectivity index is 0.00000576. The average molecular weight is 681 g/mol. The summed E-state index contributed by atoms with van der Waals surface area (Å²) in [6.45, 7) is 3.51. The quantitative estimate of drug-likeness (QED) is 0.190. The lowest BCUT2D eigenvalue weighted by atomic mass is 9.93. The van der Waals surface area contributed by atoms with Crippen molar-refractivity contribution in [3.05, 3.63) is 77.5 Å². The van der Waals surface area contributed by atoms with Gasteiger partial charge in [-0.3, -0.25) is 14.4 Å². The SMILES string of the molecule is CCCCC1CC(NC(=O)Nc2cc(CC(N)=O)c(F)cc2F)CCN1Cc1ccc(Oc2ccc(NS(C)(=O)=O)cc2)nc1.Cl. The van der Waals surface area contributed by atoms with E-state index in [9.17, 15) is 26.8 Å². The summed E-state index contributed by atoms with van der Waals surface area (Å²) >= 11 is 0. The van der Waals surface area contributed by atoms with Gasteiger partial charge in [-0.25, -0.2) is 27.0 Å². The van der Waals surface area contributed by atoms with Crippen LogP contribution in [0.4, 0.5) is 25.0 Å². The van der Waals surface area contributed by atoms with Crippen molar-refractivity contribution >= 4 is 45.7 Å². The molecule has 1 aliphatic heterocycles. The molecule has 11 nitrogen and oxygen atoms in total. The normalized spacial score (nSPS) is 16.6. The average Bonchev–Trinajstić information content (AvgIpc) is 2.96. The van der Waals surface area contributed by atoms with Gasteiger partial charge in [-0.05, 0) is 60.7 Å². The van der Waals surface area contributed by atoms with Gasteiger partial charge >= 0.3 is 6.03 Å². The third-order valence-electron chi connectivity index (χ3n) is 7.38. The van der Waals surface area contributed by atoms with Crippen molar-refractivity contribution in [2.75, 3.05) is 22.8 Å². The second kappa shape index (κ2) is 16.5. The van der Waals surface area contributed by atoms with Crippen LogP contribution in [-0.4, -0.2) is 55.1 Å². The second-order valence-electron chi connectivity index (χ2n) is 11.2. The number of anilines is 2. The molecule has 0 spiro atoms. The number of likely N-dealkylation sites (tertiary alicyclic amines) is 1. The van der Waals surface area contributed by atoms with Gasteiger partial charge in [0.25, 0.3) is 0 Å². The zero-order valence-electron chi connectivity index (χ0n) is 25.6. The van der Waals surface area contributed by atoms with E-state index < -0.39 is 40.0 Å². The molecule has 0 saturated carbocycles. The molecule has 2 aromatic carbocycles. The van der Waals surface area contributed by atoms with Crippen LogP contribution in [0, 0.1) is 11.6 Å². The number of urea groups is 1. The largest absolute Gasteiger partial charge is 0.439 e. The lowest BCUT2D eigenvalue weighted by molar-refractivity contribution is -0.117. The van der Waals surface area contributed by atoms with E-state index in [0.717, 1.165) is 43.7 Å². The molecule has 15 heteroatoms. The van der Waals surface area contributed by atoms with Gasteiger partial charge < -0.3 is 21.1 Å². The van der Waals surface area contributed by atoms with E-state index in [1.54, 1.807) is 36.5 Å². The smallest absolute Gasteiger partial charge is 0.319 e. The number of hydrogen-bond donors (Lipinski definition) is 4. The van der Waals surface area contributed by atoms with E-state index in [1.807, 2.05) is 6.07 Å². The molecule has 2 unspecified atom stereocenters. The molecule has 0 aliphatic carbocycles. The first-order chi connectivity index (χ1) is 21.4. The summed E-state index contributed by atoms with van der Waals surface area (Å²) in [5.74, 6) is -1.71. The monoisotopic (exact) mass is 680 g/mol. The van der Waals surface area contributed by atoms with Crippen LogP contribution in [0.3, 0.4) is 0 Å². The van der Waals surface area contributed by atoms with Crippen LogP contribution < -0.4 is 25.8 Å². The minimum atomic E-state index is -3.37. The number of aromatic nitrogens is 1. The van der Waals surface area contributed by atoms with Crippen molar-refractivity contribution in [2.24, 2.45) is 5.73 Å². The Morgan fingerprint density at radius 3 is 2.48 bits per heavy atom. The number of benzene rings is 2. The van der Waals surface area contributed by atoms with Gasteiger partial charge in [-0.1, -0.05) is 25.8 Å². The molecule has 3 amide bonds. The first-order valence-corrected chi connectivity index (χ1v) is 16.6. The molecule has 2 heterocycles. The number of unbranched alkanes of at least 4 members (excludes halogenated alkanes) is 1. The molecule has 2 atom stereocenters. The fraction of sp³-hybridized carbons (Fsp3) is 0.387. The van der Waals surface area contributed by atoms with E-state index in [4.69, 9.17) is 10.5 Å². The van der Waals surface area contributed by atoms with Crippen molar-refractivity contribution in [1.82, 2.24) is 15.2 Å². The van der Waals surface area contributed by atoms with Gasteiger partial charge in [0.05, 0.1) is 18.4 Å². The summed E-state index contributed by atoms with van der Waals surface area (Å²) in [4.78, 5) is 30.7. The number of amides is 3. The lowest BCUT2D eigenvalue weighted by Gasteiger charge is -2.40. The van der Waals surface area contributed by atoms with Gasteiger partial charge in [-0.2, -0.15) is 0 Å². The predicted molar refractivity (Wildman–Crippen MR) is 175 cm³/mol. The van der Waals surface area contributed by atoms with Crippen molar-refractivity contribution < 1.29 is 31.5 Å². The molecule has 4 rings (SSSR count). The van der Waals surface area contributed by atoms with Crippen molar-refractivity contribution in [1.29, 1.82) is 0 Å². The van der Waals surface area contributed by atoms with Crippen LogP contribution >= 0.6 is 12.4 Å². The number of ether oxygens (including phenoxy) is 1. The van der Waals surface area contributed by atoms with Gasteiger partial charge in [0.1, 0.15) is 17.4 Å². The Hall–Kier alpha value is -4.01. The molecule has 0 radical (unpaired) electrons. The Morgan fingerprint density at radius 1 is 1.11 bits per heavy atom. The van der Waals surface area contributed by atoms with Crippen LogP contribution in [0.25, 0.3) is 0 Å². The van der Waals surface area contributed by atoms with E-state index in [2.05, 4.69) is 32.2 Å². The van der Waals surface area contributed by atoms with E-state index in [-0.39, 0.29) is 35.7 Å². The number of pyridine rings is 1. The molecular formula is C31H39ClF2N6O5S. The molecule has 3 aromatic rings. The Bertz CT molecular complexity index is 1600. The van der Waals surface area contributed by atoms with Crippen LogP contribution in [0.1, 0.15) is 50.2 Å². The number of piperidine rings is 1. The fourth-order valence-corrected chi connectivity index (χ4v) is 5.83. The molecular weight excluding hydrogens is 642 g/mol. The minimum Gasteiger partial charge on any atom is -0.439 e. The zero-order valence-corrected chi connectivity index (χ0v) is 27.2. The standard InChI is InChI=1S/C31H38F2N6O5S.ClH/c1-3-4-5-24-16-23(36-31(41)37-28-14-21(15-29(34)40)26(32)17-27(28)33)12-13-39(24)19-20-6-11-30(35-18-20)44-25-9-7-22(8-10-25)38-45(2,42)43;/h6-11,14,17-18,23-24,38H,3-5,12-13,15-16,19H2,1-2H3,(H2,34,40)(H2,36,37,41);1H. The summed E-state index contributed by atoms with van der Waals surface area (Å²) in [6.07, 6.45) is 6.79. The highest BCUT2D eigenvalue weighted by atomic mass is 35.5. The summed E-state index contributed by atoms with van der Waals surface area (Å²) in [7, 11) is -3.37. The summed E-state index contributed by atoms with van der Waals surface area (Å²) in [5.41, 5.74) is 6.24. The first kappa shape index (κ1) is 36.5. The number of nitrogens with zero attached hydrogens (tertiary/aromatic N) is 2. The third kappa shape index (κ3) is 11.1. The maximum Gasteiger partial charge on any atom is 0.319 e. The summed E-state index contributed by atoms with van der Waals surface area (Å²) < 4.78 is 59.3. The van der Waals surface area contributed by atoms with Gasteiger partial charge in [-0.15, -0.1) is 12.4 Å². The maximum atomic E-state index is 14.3. The van der Waals surface area contributed by atoms with Crippen LogP contribution in [-0.2, 0) is 27.8 Å². The molecule has 1 aromatic heterocycles. The molecule has 1 saturated heterocycles. The Labute approximate surface area is 273 Å². The molecule has 5 N–H and O–H groups in total. The van der Waals surface area contributed by atoms with E-state index in [0.29, 0.717) is 42.8 Å². The van der Waals surface area contributed by atoms with Crippen molar-refractivity contribution in [2.45, 2.75) is 64.1 Å². The molecule has 250 valence electrons. The van der Waals surface area contributed by atoms with E-state index >= 15 is 0 Å². The van der Waals surface area contributed by atoms with Crippen LogP contribution in [0.2, 0.25) is 0 Å². The van der Waals surface area contributed by atoms with Crippen molar-refractivity contribution in [3.63, 3.8) is 0 Å². The molecule has 1 aliphatic rings. The van der Waals surface area contributed by atoms with Crippen LogP contribution in [0.15, 0.2) is 54.7 Å². The zero-order chi connectivity index (χ0) is 32.6. The number of sulfonamides is 1. The number of hydrogen-bond acceptors (Lipinski definition) is 7. The number of nitrogens with one attached hydrogen (secondary N) is 3. The topological polar surface area (TPSA) is 156 Å². The minimum absolute atomic E-state index is 0. The number of halogens is 3. The summed E-state index contributed by atoms with van der Waals surface area (Å²) in [6, 6.07) is 11.4. The van der Waals surface area contributed by atoms with Gasteiger partial charge in [0, 0.05) is 49.2 Å². The third-order valence-corrected chi connectivity index (χ3v) is 7.98. The molecule has 0 bridgehead atoms. The van der Waals surface area contributed by atoms with E-state index in [1.165, 1.54) is 0 Å². The van der Waals surface area contributed by atoms with Crippen molar-refractivity contribution in [3.8, 4) is 11.6 Å². The maximum absolute atomic E-state index is 14.3. The second-order valence-corrected chi connectivity index (χ2v) is 12.9. The highest BCUT2D eigenvalue weighted by Gasteiger charge is 2.29. The highest BCUT2D eigenvalue weighted by Crippen LogP contribution is 2.26. The molecule has 1 fully saturated rings. The first-order valence-electron chi connectivity index (χ1n) is 14.7. The fourth-order valence-electron chi connectivity index (χ4n) is 5.26. The lowest BCUT2D eigenvalue weighted by Crippen LogP contribution is -2.50. The number of rotatable bonds is 13. The highest BCUT2D eigenvalue weighted by molar-refractivity contribution is 7.92. The summed E-state index contributed by atoms with van der Waals surface area (Å²) in [5, 5.41) is 5.35. The number of carbonyl (C=O) groups excluding carboxylic acids is 2. The number of nitrogens with two attached hydrogens (primary N) is 1. The van der Waals surface area contributed by atoms with Gasteiger partial charge in [0.15, 0.2) is 0 Å². The van der Waals surface area contributed by atoms with Crippen LogP contribution in [0.5, 0.6) is 11.6 Å². The Morgan fingerprint density at radius 2 is 1.85 bits per heavy atom. The Kier molecular flexibility index (Phi) is 13.1. The number of primary amides is 1. The molecule has 46 heavy (non-hydrogen) atoms.